The van der Waals surface area contributed by atoms with Crippen LogP contribution in [0.25, 0.3) is 0 Å². The van der Waals surface area contributed by atoms with E-state index in [4.69, 9.17) is 4.74 Å². The Morgan fingerprint density at radius 2 is 2.00 bits per heavy atom. The first kappa shape index (κ1) is 20.7. The molecule has 9 nitrogen and oxygen atoms in total. The molecule has 0 bridgehead atoms. The van der Waals surface area contributed by atoms with Crippen molar-refractivity contribution in [1.82, 2.24) is 10.5 Å². The summed E-state index contributed by atoms with van der Waals surface area (Å²) in [5.41, 5.74) is 1.86. The van der Waals surface area contributed by atoms with Gasteiger partial charge in [-0.2, -0.15) is 0 Å². The molecular weight excluding hydrogens is 378 g/mol. The fourth-order valence-electron chi connectivity index (χ4n) is 3.40. The van der Waals surface area contributed by atoms with Crippen molar-refractivity contribution in [1.29, 1.82) is 0 Å². The fourth-order valence-corrected chi connectivity index (χ4v) is 3.40. The normalized spacial score (nSPS) is 19.1. The molecule has 1 aliphatic heterocycles. The number of amides is 2. The number of rotatable bonds is 5. The van der Waals surface area contributed by atoms with Crippen molar-refractivity contribution < 1.29 is 29.1 Å². The van der Waals surface area contributed by atoms with Gasteiger partial charge in [0.1, 0.15) is 23.8 Å². The summed E-state index contributed by atoms with van der Waals surface area (Å²) in [5.74, 6) is -0.141. The van der Waals surface area contributed by atoms with Gasteiger partial charge in [0.2, 0.25) is 0 Å². The number of aromatic hydroxyl groups is 1. The van der Waals surface area contributed by atoms with E-state index in [1.165, 1.54) is 12.3 Å². The number of benzene rings is 1. The van der Waals surface area contributed by atoms with Crippen LogP contribution in [0.15, 0.2) is 16.9 Å². The van der Waals surface area contributed by atoms with Crippen molar-refractivity contribution in [2.75, 3.05) is 11.9 Å². The van der Waals surface area contributed by atoms with E-state index in [2.05, 4.69) is 20.3 Å². The lowest BCUT2D eigenvalue weighted by atomic mass is 9.86. The average Bonchev–Trinajstić information content (AvgIpc) is 3.21. The first-order valence-corrected chi connectivity index (χ1v) is 9.31. The van der Waals surface area contributed by atoms with Gasteiger partial charge >= 0.3 is 0 Å². The molecule has 0 spiro atoms. The molecule has 0 saturated carbocycles. The minimum absolute atomic E-state index is 0.179. The quantitative estimate of drug-likeness (QED) is 0.594. The van der Waals surface area contributed by atoms with E-state index >= 15 is 0 Å². The lowest BCUT2D eigenvalue weighted by molar-refractivity contribution is -0.140. The highest BCUT2D eigenvalue weighted by atomic mass is 16.5. The van der Waals surface area contributed by atoms with Gasteiger partial charge in [0.25, 0.3) is 11.8 Å². The van der Waals surface area contributed by atoms with Crippen LogP contribution in [-0.4, -0.2) is 45.4 Å². The molecule has 29 heavy (non-hydrogen) atoms. The van der Waals surface area contributed by atoms with Crippen molar-refractivity contribution >= 4 is 17.6 Å². The smallest absolute Gasteiger partial charge is 0.264 e. The second kappa shape index (κ2) is 7.75. The molecule has 3 rings (SSSR count). The monoisotopic (exact) mass is 403 g/mol. The number of nitrogens with zero attached hydrogens (tertiary/aromatic N) is 1. The van der Waals surface area contributed by atoms with Crippen LogP contribution in [-0.2, 0) is 16.0 Å². The predicted octanol–water partition coefficient (Wildman–Crippen LogP) is 1.50. The van der Waals surface area contributed by atoms with Crippen LogP contribution in [0.4, 0.5) is 5.82 Å². The van der Waals surface area contributed by atoms with Gasteiger partial charge in [-0.15, -0.1) is 0 Å². The number of aliphatic hydroxyl groups is 1. The highest BCUT2D eigenvalue weighted by molar-refractivity contribution is 5.98. The molecule has 156 valence electrons. The number of nitrogens with one attached hydrogen (secondary N) is 2. The summed E-state index contributed by atoms with van der Waals surface area (Å²) in [7, 11) is 0. The molecule has 1 aromatic carbocycles. The van der Waals surface area contributed by atoms with Gasteiger partial charge < -0.3 is 30.1 Å². The molecule has 4 N–H and O–H groups in total. The number of carbonyl (C=O) groups is 2. The summed E-state index contributed by atoms with van der Waals surface area (Å²) in [6.07, 6.45) is 2.19. The summed E-state index contributed by atoms with van der Waals surface area (Å²) < 4.78 is 10.7. The maximum absolute atomic E-state index is 12.9. The van der Waals surface area contributed by atoms with Gasteiger partial charge in [0.05, 0.1) is 6.61 Å². The zero-order valence-corrected chi connectivity index (χ0v) is 16.8. The number of aliphatic hydroxyl groups excluding tert-OH is 1. The summed E-state index contributed by atoms with van der Waals surface area (Å²) in [5, 5.41) is 28.4. The molecule has 9 heteroatoms. The Balaban J connectivity index is 1.78. The molecule has 0 aliphatic carbocycles. The lowest BCUT2D eigenvalue weighted by Gasteiger charge is -2.37. The average molecular weight is 403 g/mol. The van der Waals surface area contributed by atoms with Gasteiger partial charge in [0, 0.05) is 18.1 Å². The van der Waals surface area contributed by atoms with Crippen molar-refractivity contribution in [3.05, 3.63) is 34.6 Å². The van der Waals surface area contributed by atoms with E-state index in [0.29, 0.717) is 24.2 Å². The molecule has 0 fully saturated rings. The van der Waals surface area contributed by atoms with Gasteiger partial charge in [0.15, 0.2) is 11.4 Å². The SMILES string of the molecule is Cc1c(C)c2c(c(C)c1O)CCC(C)(C(=O)N[C@@H](CO)C(=O)Nc1ccon1)O2. The first-order valence-electron chi connectivity index (χ1n) is 9.31. The predicted molar refractivity (Wildman–Crippen MR) is 104 cm³/mol. The number of hydrogen-bond acceptors (Lipinski definition) is 7. The number of ether oxygens (including phenoxy) is 1. The van der Waals surface area contributed by atoms with E-state index in [1.807, 2.05) is 13.8 Å². The Kier molecular flexibility index (Phi) is 5.52. The van der Waals surface area contributed by atoms with Gasteiger partial charge in [-0.3, -0.25) is 9.59 Å². The summed E-state index contributed by atoms with van der Waals surface area (Å²) in [6, 6.07) is 0.268. The highest BCUT2D eigenvalue weighted by Gasteiger charge is 2.42. The van der Waals surface area contributed by atoms with Crippen LogP contribution in [0.1, 0.15) is 35.6 Å². The molecule has 2 heterocycles. The maximum Gasteiger partial charge on any atom is 0.264 e. The molecular formula is C20H25N3O6. The standard InChI is InChI=1S/C20H25N3O6/c1-10-11(2)17-13(12(3)16(10)25)5-7-20(4,29-17)19(27)21-14(9-24)18(26)22-15-6-8-28-23-15/h6,8,14,24-25H,5,7,9H2,1-4H3,(H,21,27)(H,22,23,26)/t14-,20?/m0/s1. The topological polar surface area (TPSA) is 134 Å². The number of aromatic nitrogens is 1. The van der Waals surface area contributed by atoms with Crippen molar-refractivity contribution in [3.8, 4) is 11.5 Å². The lowest BCUT2D eigenvalue weighted by Crippen LogP contribution is -2.57. The highest BCUT2D eigenvalue weighted by Crippen LogP contribution is 2.43. The Hall–Kier alpha value is -3.07. The molecule has 1 unspecified atom stereocenters. The number of anilines is 1. The third-order valence-electron chi connectivity index (χ3n) is 5.49. The molecule has 2 aromatic rings. The van der Waals surface area contributed by atoms with Crippen molar-refractivity contribution in [3.63, 3.8) is 0 Å². The molecule has 1 aromatic heterocycles. The van der Waals surface area contributed by atoms with Crippen LogP contribution in [0.3, 0.4) is 0 Å². The second-order valence-corrected chi connectivity index (χ2v) is 7.45. The maximum atomic E-state index is 12.9. The van der Waals surface area contributed by atoms with E-state index < -0.39 is 30.1 Å². The van der Waals surface area contributed by atoms with E-state index in [9.17, 15) is 19.8 Å². The second-order valence-electron chi connectivity index (χ2n) is 7.45. The zero-order chi connectivity index (χ0) is 21.3. The summed E-state index contributed by atoms with van der Waals surface area (Å²) >= 11 is 0. The third-order valence-corrected chi connectivity index (χ3v) is 5.49. The fraction of sp³-hybridized carbons (Fsp3) is 0.450. The largest absolute Gasteiger partial charge is 0.507 e. The van der Waals surface area contributed by atoms with Crippen molar-refractivity contribution in [2.24, 2.45) is 0 Å². The van der Waals surface area contributed by atoms with E-state index in [0.717, 1.165) is 16.7 Å². The van der Waals surface area contributed by atoms with Gasteiger partial charge in [-0.25, -0.2) is 0 Å². The van der Waals surface area contributed by atoms with Gasteiger partial charge in [-0.05, 0) is 50.8 Å². The molecule has 0 saturated heterocycles. The first-order chi connectivity index (χ1) is 13.7. The molecule has 2 atom stereocenters. The van der Waals surface area contributed by atoms with Crippen molar-refractivity contribution in [2.45, 2.75) is 52.2 Å². The Bertz CT molecular complexity index is 940. The summed E-state index contributed by atoms with van der Waals surface area (Å²) in [4.78, 5) is 25.3. The minimum atomic E-state index is -1.23. The minimum Gasteiger partial charge on any atom is -0.507 e. The zero-order valence-electron chi connectivity index (χ0n) is 16.8. The Morgan fingerprint density at radius 3 is 2.62 bits per heavy atom. The Labute approximate surface area is 168 Å². The third kappa shape index (κ3) is 3.77. The number of hydrogen-bond donors (Lipinski definition) is 4. The number of carbonyl (C=O) groups excluding carboxylic acids is 2. The van der Waals surface area contributed by atoms with Crippen LogP contribution < -0.4 is 15.4 Å². The van der Waals surface area contributed by atoms with Crippen LogP contribution in [0.5, 0.6) is 11.5 Å². The number of phenols is 1. The van der Waals surface area contributed by atoms with E-state index in [-0.39, 0.29) is 11.6 Å². The van der Waals surface area contributed by atoms with Gasteiger partial charge in [-0.1, -0.05) is 5.16 Å². The summed E-state index contributed by atoms with van der Waals surface area (Å²) in [6.45, 7) is 6.50. The molecule has 2 amide bonds. The van der Waals surface area contributed by atoms with Crippen LogP contribution in [0, 0.1) is 20.8 Å². The Morgan fingerprint density at radius 1 is 1.28 bits per heavy atom. The number of phenolic OH excluding ortho intramolecular Hbond substituents is 1. The molecule has 0 radical (unpaired) electrons. The van der Waals surface area contributed by atoms with Crippen LogP contribution in [0.2, 0.25) is 0 Å². The van der Waals surface area contributed by atoms with E-state index in [1.54, 1.807) is 13.8 Å². The molecule has 1 aliphatic rings. The van der Waals surface area contributed by atoms with Crippen LogP contribution >= 0.6 is 0 Å². The number of fused-ring (bicyclic) bond motifs is 1.